The van der Waals surface area contributed by atoms with Crippen molar-refractivity contribution in [1.82, 2.24) is 10.2 Å². The zero-order valence-electron chi connectivity index (χ0n) is 15.9. The summed E-state index contributed by atoms with van der Waals surface area (Å²) in [6.07, 6.45) is 0. The molecular weight excluding hydrogens is 426 g/mol. The topological polar surface area (TPSA) is 35.6 Å². The van der Waals surface area contributed by atoms with E-state index < -0.39 is 0 Å². The van der Waals surface area contributed by atoms with Crippen molar-refractivity contribution < 1.29 is 4.79 Å². The van der Waals surface area contributed by atoms with Gasteiger partial charge in [0, 0.05) is 41.9 Å². The van der Waals surface area contributed by atoms with Crippen molar-refractivity contribution >= 4 is 39.1 Å². The Bertz CT molecular complexity index is 834. The van der Waals surface area contributed by atoms with Gasteiger partial charge < -0.3 is 15.1 Å². The first-order valence-corrected chi connectivity index (χ1v) is 10.3. The summed E-state index contributed by atoms with van der Waals surface area (Å²) in [4.78, 5) is 17.6. The molecule has 1 amide bonds. The van der Waals surface area contributed by atoms with Crippen molar-refractivity contribution in [1.29, 1.82) is 0 Å². The highest BCUT2D eigenvalue weighted by Crippen LogP contribution is 2.27. The molecule has 4 nitrogen and oxygen atoms in total. The highest BCUT2D eigenvalue weighted by atomic mass is 79.9. The van der Waals surface area contributed by atoms with Gasteiger partial charge in [0.2, 0.25) is 0 Å². The summed E-state index contributed by atoms with van der Waals surface area (Å²) in [6, 6.07) is 11.8. The maximum absolute atomic E-state index is 12.9. The number of amides is 1. The molecule has 1 fully saturated rings. The van der Waals surface area contributed by atoms with Crippen LogP contribution >= 0.6 is 27.5 Å². The Morgan fingerprint density at radius 1 is 1.15 bits per heavy atom. The van der Waals surface area contributed by atoms with Crippen molar-refractivity contribution in [2.45, 2.75) is 19.9 Å². The van der Waals surface area contributed by atoms with Crippen molar-refractivity contribution in [3.05, 3.63) is 62.6 Å². The highest BCUT2D eigenvalue weighted by Gasteiger charge is 2.18. The second-order valence-corrected chi connectivity index (χ2v) is 8.42. The maximum Gasteiger partial charge on any atom is 0.252 e. The van der Waals surface area contributed by atoms with Gasteiger partial charge in [-0.25, -0.2) is 0 Å². The number of carbonyl (C=O) groups excluding carboxylic acids is 1. The van der Waals surface area contributed by atoms with Crippen LogP contribution in [0.3, 0.4) is 0 Å². The quantitative estimate of drug-likeness (QED) is 0.736. The molecule has 2 aromatic rings. The first-order chi connectivity index (χ1) is 12.8. The summed E-state index contributed by atoms with van der Waals surface area (Å²) >= 11 is 9.51. The van der Waals surface area contributed by atoms with E-state index in [9.17, 15) is 4.79 Å². The fourth-order valence-electron chi connectivity index (χ4n) is 3.26. The first-order valence-electron chi connectivity index (χ1n) is 9.15. The fourth-order valence-corrected chi connectivity index (χ4v) is 3.77. The van der Waals surface area contributed by atoms with Gasteiger partial charge in [0.1, 0.15) is 0 Å². The van der Waals surface area contributed by atoms with Crippen LogP contribution in [0.5, 0.6) is 0 Å². The Kier molecular flexibility index (Phi) is 6.45. The van der Waals surface area contributed by atoms with E-state index in [1.54, 1.807) is 0 Å². The monoisotopic (exact) mass is 449 g/mol. The third-order valence-electron chi connectivity index (χ3n) is 5.13. The van der Waals surface area contributed by atoms with Crippen LogP contribution in [0.1, 0.15) is 34.5 Å². The van der Waals surface area contributed by atoms with E-state index in [2.05, 4.69) is 44.2 Å². The molecule has 1 aliphatic heterocycles. The average molecular weight is 451 g/mol. The number of hydrogen-bond acceptors (Lipinski definition) is 3. The summed E-state index contributed by atoms with van der Waals surface area (Å²) in [6.45, 7) is 8.00. The highest BCUT2D eigenvalue weighted by molar-refractivity contribution is 9.10. The van der Waals surface area contributed by atoms with Gasteiger partial charge in [0.25, 0.3) is 5.91 Å². The SMILES string of the molecule is Cc1ccc(N2CCN(C)CC2)cc1C(=O)N[C@H](C)c1ccc(Cl)c(Br)c1. The summed E-state index contributed by atoms with van der Waals surface area (Å²) in [7, 11) is 2.14. The molecule has 0 aliphatic carbocycles. The molecule has 3 rings (SSSR count). The largest absolute Gasteiger partial charge is 0.369 e. The summed E-state index contributed by atoms with van der Waals surface area (Å²) < 4.78 is 0.830. The zero-order chi connectivity index (χ0) is 19.6. The predicted molar refractivity (Wildman–Crippen MR) is 116 cm³/mol. The van der Waals surface area contributed by atoms with Gasteiger partial charge in [-0.1, -0.05) is 23.7 Å². The van der Waals surface area contributed by atoms with Crippen molar-refractivity contribution in [2.75, 3.05) is 38.1 Å². The Balaban J connectivity index is 1.75. The molecule has 144 valence electrons. The minimum absolute atomic E-state index is 0.0537. The summed E-state index contributed by atoms with van der Waals surface area (Å²) in [5, 5.41) is 3.77. The average Bonchev–Trinajstić information content (AvgIpc) is 2.65. The molecule has 1 aliphatic rings. The van der Waals surface area contributed by atoms with Crippen LogP contribution in [-0.2, 0) is 0 Å². The minimum Gasteiger partial charge on any atom is -0.369 e. The van der Waals surface area contributed by atoms with E-state index in [1.165, 1.54) is 0 Å². The maximum atomic E-state index is 12.9. The number of anilines is 1. The number of nitrogens with one attached hydrogen (secondary N) is 1. The number of piperazine rings is 1. The van der Waals surface area contributed by atoms with Gasteiger partial charge in [-0.15, -0.1) is 0 Å². The number of halogens is 2. The fraction of sp³-hybridized carbons (Fsp3) is 0.381. The van der Waals surface area contributed by atoms with Gasteiger partial charge in [-0.05, 0) is 72.2 Å². The Labute approximate surface area is 174 Å². The second kappa shape index (κ2) is 8.63. The first kappa shape index (κ1) is 20.2. The lowest BCUT2D eigenvalue weighted by molar-refractivity contribution is 0.0939. The van der Waals surface area contributed by atoms with E-state index in [0.29, 0.717) is 5.02 Å². The molecule has 1 atom stereocenters. The Morgan fingerprint density at radius 2 is 1.85 bits per heavy atom. The number of carbonyl (C=O) groups is 1. The predicted octanol–water partition coefficient (Wildman–Crippen LogP) is 4.65. The van der Waals surface area contributed by atoms with E-state index >= 15 is 0 Å². The molecule has 6 heteroatoms. The minimum atomic E-state index is -0.113. The van der Waals surface area contributed by atoms with Gasteiger partial charge in [0.05, 0.1) is 11.1 Å². The second-order valence-electron chi connectivity index (χ2n) is 7.16. The number of benzene rings is 2. The van der Waals surface area contributed by atoms with Crippen LogP contribution in [0, 0.1) is 6.92 Å². The van der Waals surface area contributed by atoms with E-state index in [0.717, 1.165) is 53.0 Å². The van der Waals surface area contributed by atoms with Crippen LogP contribution in [0.25, 0.3) is 0 Å². The van der Waals surface area contributed by atoms with Gasteiger partial charge in [-0.3, -0.25) is 4.79 Å². The van der Waals surface area contributed by atoms with Crippen LogP contribution in [0.15, 0.2) is 40.9 Å². The van der Waals surface area contributed by atoms with Gasteiger partial charge >= 0.3 is 0 Å². The molecule has 1 saturated heterocycles. The normalized spacial score (nSPS) is 16.3. The summed E-state index contributed by atoms with van der Waals surface area (Å²) in [5.41, 5.74) is 3.83. The van der Waals surface area contributed by atoms with Crippen LogP contribution in [-0.4, -0.2) is 44.0 Å². The zero-order valence-corrected chi connectivity index (χ0v) is 18.3. The Hall–Kier alpha value is -1.56. The smallest absolute Gasteiger partial charge is 0.252 e. The molecule has 0 saturated carbocycles. The molecule has 0 bridgehead atoms. The van der Waals surface area contributed by atoms with Crippen LogP contribution in [0.2, 0.25) is 5.02 Å². The number of nitrogens with zero attached hydrogens (tertiary/aromatic N) is 2. The number of likely N-dealkylation sites (N-methyl/N-ethyl adjacent to an activating group) is 1. The number of aryl methyl sites for hydroxylation is 1. The summed E-state index contributed by atoms with van der Waals surface area (Å²) in [5.74, 6) is -0.0537. The lowest BCUT2D eigenvalue weighted by Gasteiger charge is -2.34. The molecule has 0 unspecified atom stereocenters. The molecule has 1 N–H and O–H groups in total. The molecule has 0 spiro atoms. The lowest BCUT2D eigenvalue weighted by Crippen LogP contribution is -2.44. The molecule has 0 radical (unpaired) electrons. The number of hydrogen-bond donors (Lipinski definition) is 1. The van der Waals surface area contributed by atoms with Crippen molar-refractivity contribution in [2.24, 2.45) is 0 Å². The third kappa shape index (κ3) is 4.84. The molecule has 27 heavy (non-hydrogen) atoms. The third-order valence-corrected chi connectivity index (χ3v) is 6.34. The van der Waals surface area contributed by atoms with E-state index in [4.69, 9.17) is 11.6 Å². The molecule has 1 heterocycles. The van der Waals surface area contributed by atoms with Crippen LogP contribution in [0.4, 0.5) is 5.69 Å². The van der Waals surface area contributed by atoms with Gasteiger partial charge in [-0.2, -0.15) is 0 Å². The molecule has 2 aromatic carbocycles. The van der Waals surface area contributed by atoms with Crippen molar-refractivity contribution in [3.63, 3.8) is 0 Å². The van der Waals surface area contributed by atoms with E-state index in [-0.39, 0.29) is 11.9 Å². The van der Waals surface area contributed by atoms with Gasteiger partial charge in [0.15, 0.2) is 0 Å². The lowest BCUT2D eigenvalue weighted by atomic mass is 10.0. The molecular formula is C21H25BrClN3O. The Morgan fingerprint density at radius 3 is 2.52 bits per heavy atom. The van der Waals surface area contributed by atoms with E-state index in [1.807, 2.05) is 44.2 Å². The molecule has 0 aromatic heterocycles. The standard InChI is InChI=1S/C21H25BrClN3O/c1-14-4-6-17(26-10-8-25(3)9-11-26)13-18(14)21(27)24-15(2)16-5-7-20(23)19(22)12-16/h4-7,12-13,15H,8-11H2,1-3H3,(H,24,27)/t15-/m1/s1. The van der Waals surface area contributed by atoms with Crippen molar-refractivity contribution in [3.8, 4) is 0 Å². The van der Waals surface area contributed by atoms with Crippen LogP contribution < -0.4 is 10.2 Å². The number of rotatable bonds is 4.